The van der Waals surface area contributed by atoms with Crippen molar-refractivity contribution >= 4 is 6.29 Å². The molecule has 0 radical (unpaired) electrons. The van der Waals surface area contributed by atoms with Gasteiger partial charge < -0.3 is 19.0 Å². The molecule has 0 unspecified atom stereocenters. The van der Waals surface area contributed by atoms with Crippen LogP contribution in [0.5, 0.6) is 5.75 Å². The number of carbonyl (C=O) groups is 1. The minimum absolute atomic E-state index is 0.0481. The monoisotopic (exact) mass is 370 g/mol. The molecular formula is C23H30O4. The van der Waals surface area contributed by atoms with Crippen molar-refractivity contribution in [2.24, 2.45) is 11.8 Å². The highest BCUT2D eigenvalue weighted by atomic mass is 16.5. The van der Waals surface area contributed by atoms with Crippen LogP contribution in [0.3, 0.4) is 0 Å². The largest absolute Gasteiger partial charge is 0.497 e. The average Bonchev–Trinajstić information content (AvgIpc) is 2.69. The number of hydrogen-bond donors (Lipinski definition) is 0. The Balaban J connectivity index is 1.89. The van der Waals surface area contributed by atoms with Gasteiger partial charge in [-0.2, -0.15) is 0 Å². The number of ether oxygens (including phenoxy) is 3. The van der Waals surface area contributed by atoms with E-state index in [4.69, 9.17) is 14.2 Å². The molecule has 0 spiro atoms. The van der Waals surface area contributed by atoms with E-state index >= 15 is 0 Å². The molecule has 146 valence electrons. The van der Waals surface area contributed by atoms with Crippen LogP contribution in [0.2, 0.25) is 0 Å². The van der Waals surface area contributed by atoms with Gasteiger partial charge in [-0.3, -0.25) is 0 Å². The van der Waals surface area contributed by atoms with Crippen molar-refractivity contribution in [2.75, 3.05) is 13.7 Å². The highest BCUT2D eigenvalue weighted by molar-refractivity contribution is 5.49. The quantitative estimate of drug-likeness (QED) is 0.510. The fourth-order valence-electron chi connectivity index (χ4n) is 3.12. The SMILES string of the molecule is COc1ccc(CO[C@H]([C@@H](C)CC=O)[C@@H](C)COCc2ccccc2)cc1. The van der Waals surface area contributed by atoms with Crippen LogP contribution in [0.15, 0.2) is 54.6 Å². The second-order valence-electron chi connectivity index (χ2n) is 6.98. The Morgan fingerprint density at radius 1 is 0.889 bits per heavy atom. The van der Waals surface area contributed by atoms with Crippen LogP contribution in [-0.2, 0) is 27.5 Å². The van der Waals surface area contributed by atoms with Crippen molar-refractivity contribution in [1.82, 2.24) is 0 Å². The van der Waals surface area contributed by atoms with Crippen molar-refractivity contribution in [1.29, 1.82) is 0 Å². The Morgan fingerprint density at radius 3 is 2.19 bits per heavy atom. The topological polar surface area (TPSA) is 44.8 Å². The second kappa shape index (κ2) is 11.5. The van der Waals surface area contributed by atoms with Crippen LogP contribution in [-0.4, -0.2) is 26.1 Å². The van der Waals surface area contributed by atoms with Crippen LogP contribution in [0.25, 0.3) is 0 Å². The van der Waals surface area contributed by atoms with Crippen molar-refractivity contribution in [3.63, 3.8) is 0 Å². The summed E-state index contributed by atoms with van der Waals surface area (Å²) in [6.45, 7) is 5.84. The van der Waals surface area contributed by atoms with Gasteiger partial charge in [-0.05, 0) is 29.2 Å². The summed E-state index contributed by atoms with van der Waals surface area (Å²) in [5.41, 5.74) is 2.23. The van der Waals surface area contributed by atoms with Crippen molar-refractivity contribution < 1.29 is 19.0 Å². The maximum absolute atomic E-state index is 11.0. The summed E-state index contributed by atoms with van der Waals surface area (Å²) in [5, 5.41) is 0. The lowest BCUT2D eigenvalue weighted by atomic mass is 9.91. The molecule has 2 rings (SSSR count). The van der Waals surface area contributed by atoms with E-state index < -0.39 is 0 Å². The lowest BCUT2D eigenvalue weighted by Crippen LogP contribution is -2.32. The molecule has 0 aliphatic heterocycles. The van der Waals surface area contributed by atoms with Gasteiger partial charge in [0.1, 0.15) is 12.0 Å². The van der Waals surface area contributed by atoms with E-state index in [9.17, 15) is 4.79 Å². The zero-order valence-electron chi connectivity index (χ0n) is 16.5. The average molecular weight is 370 g/mol. The molecule has 0 amide bonds. The maximum Gasteiger partial charge on any atom is 0.120 e. The Kier molecular flexibility index (Phi) is 9.02. The van der Waals surface area contributed by atoms with E-state index in [1.165, 1.54) is 0 Å². The van der Waals surface area contributed by atoms with Gasteiger partial charge in [-0.25, -0.2) is 0 Å². The van der Waals surface area contributed by atoms with Gasteiger partial charge in [0.05, 0.1) is 33.0 Å². The van der Waals surface area contributed by atoms with Crippen LogP contribution < -0.4 is 4.74 Å². The van der Waals surface area contributed by atoms with E-state index in [1.54, 1.807) is 7.11 Å². The summed E-state index contributed by atoms with van der Waals surface area (Å²) < 4.78 is 17.3. The molecule has 0 aliphatic rings. The fraction of sp³-hybridized carbons (Fsp3) is 0.435. The van der Waals surface area contributed by atoms with Gasteiger partial charge in [0.25, 0.3) is 0 Å². The lowest BCUT2D eigenvalue weighted by Gasteiger charge is -2.29. The van der Waals surface area contributed by atoms with Crippen molar-refractivity contribution in [2.45, 2.75) is 39.6 Å². The van der Waals surface area contributed by atoms with E-state index in [0.29, 0.717) is 26.2 Å². The van der Waals surface area contributed by atoms with Gasteiger partial charge in [-0.1, -0.05) is 56.3 Å². The third-order valence-corrected chi connectivity index (χ3v) is 4.68. The summed E-state index contributed by atoms with van der Waals surface area (Å²) in [4.78, 5) is 11.0. The van der Waals surface area contributed by atoms with Gasteiger partial charge in [0.15, 0.2) is 0 Å². The molecule has 27 heavy (non-hydrogen) atoms. The van der Waals surface area contributed by atoms with Gasteiger partial charge >= 0.3 is 0 Å². The molecule has 0 saturated carbocycles. The molecule has 0 heterocycles. The first-order valence-corrected chi connectivity index (χ1v) is 9.44. The third-order valence-electron chi connectivity index (χ3n) is 4.68. The molecule has 2 aromatic rings. The number of carbonyl (C=O) groups excluding carboxylic acids is 1. The predicted molar refractivity (Wildman–Crippen MR) is 107 cm³/mol. The summed E-state index contributed by atoms with van der Waals surface area (Å²) in [6, 6.07) is 18.0. The molecule has 3 atom stereocenters. The highest BCUT2D eigenvalue weighted by Crippen LogP contribution is 2.22. The lowest BCUT2D eigenvalue weighted by molar-refractivity contribution is -0.111. The smallest absolute Gasteiger partial charge is 0.120 e. The van der Waals surface area contributed by atoms with Gasteiger partial charge in [-0.15, -0.1) is 0 Å². The summed E-state index contributed by atoms with van der Waals surface area (Å²) in [5.74, 6) is 1.14. The zero-order valence-corrected chi connectivity index (χ0v) is 16.5. The van der Waals surface area contributed by atoms with Gasteiger partial charge in [0, 0.05) is 12.3 Å². The number of rotatable bonds is 12. The summed E-state index contributed by atoms with van der Waals surface area (Å²) in [7, 11) is 1.65. The molecule has 0 bridgehead atoms. The normalized spacial score (nSPS) is 14.3. The molecule has 2 aromatic carbocycles. The molecule has 0 aromatic heterocycles. The third kappa shape index (κ3) is 7.16. The minimum atomic E-state index is -0.0481. The molecular weight excluding hydrogens is 340 g/mol. The van der Waals surface area contributed by atoms with Crippen molar-refractivity contribution in [3.05, 3.63) is 65.7 Å². The Labute approximate surface area is 162 Å². The van der Waals surface area contributed by atoms with Crippen LogP contribution in [0, 0.1) is 11.8 Å². The zero-order chi connectivity index (χ0) is 19.5. The molecule has 0 saturated heterocycles. The fourth-order valence-corrected chi connectivity index (χ4v) is 3.12. The number of methoxy groups -OCH3 is 1. The first-order chi connectivity index (χ1) is 13.1. The Hall–Kier alpha value is -2.17. The van der Waals surface area contributed by atoms with Crippen LogP contribution in [0.4, 0.5) is 0 Å². The standard InChI is InChI=1S/C23H30O4/c1-18(13-14-24)23(27-17-21-9-11-22(25-3)12-10-21)19(2)15-26-16-20-7-5-4-6-8-20/h4-12,14,18-19,23H,13,15-17H2,1-3H3/t18-,19-,23+/m0/s1. The first-order valence-electron chi connectivity index (χ1n) is 9.44. The Morgan fingerprint density at radius 2 is 1.56 bits per heavy atom. The van der Waals surface area contributed by atoms with E-state index in [-0.39, 0.29) is 17.9 Å². The first kappa shape index (κ1) is 21.1. The number of benzene rings is 2. The molecule has 0 fully saturated rings. The summed E-state index contributed by atoms with van der Waals surface area (Å²) >= 11 is 0. The predicted octanol–water partition coefficient (Wildman–Crippen LogP) is 4.66. The van der Waals surface area contributed by atoms with E-state index in [0.717, 1.165) is 23.2 Å². The van der Waals surface area contributed by atoms with E-state index in [2.05, 4.69) is 26.0 Å². The summed E-state index contributed by atoms with van der Waals surface area (Å²) in [6.07, 6.45) is 1.40. The van der Waals surface area contributed by atoms with Crippen LogP contribution >= 0.6 is 0 Å². The number of aldehydes is 1. The molecule has 0 N–H and O–H groups in total. The second-order valence-corrected chi connectivity index (χ2v) is 6.98. The van der Waals surface area contributed by atoms with Crippen molar-refractivity contribution in [3.8, 4) is 5.75 Å². The van der Waals surface area contributed by atoms with Gasteiger partial charge in [0.2, 0.25) is 0 Å². The van der Waals surface area contributed by atoms with Crippen LogP contribution in [0.1, 0.15) is 31.4 Å². The number of hydrogen-bond acceptors (Lipinski definition) is 4. The Bertz CT molecular complexity index is 654. The molecule has 4 heteroatoms. The minimum Gasteiger partial charge on any atom is -0.497 e. The maximum atomic E-state index is 11.0. The molecule has 0 aliphatic carbocycles. The highest BCUT2D eigenvalue weighted by Gasteiger charge is 2.24. The van der Waals surface area contributed by atoms with E-state index in [1.807, 2.05) is 42.5 Å². The molecule has 4 nitrogen and oxygen atoms in total.